The predicted octanol–water partition coefficient (Wildman–Crippen LogP) is 2.58. The number of para-hydroxylation sites is 1. The normalized spacial score (nSPS) is 10.1. The summed E-state index contributed by atoms with van der Waals surface area (Å²) in [4.78, 5) is 19.2. The highest BCUT2D eigenvalue weighted by atomic mass is 16.5. The molecule has 1 N–H and O–H groups in total. The van der Waals surface area contributed by atoms with Crippen molar-refractivity contribution in [2.45, 2.75) is 13.8 Å². The zero-order valence-electron chi connectivity index (χ0n) is 10.0. The molecule has 5 nitrogen and oxygen atoms in total. The van der Waals surface area contributed by atoms with Crippen LogP contribution in [-0.4, -0.2) is 21.0 Å². The van der Waals surface area contributed by atoms with Gasteiger partial charge in [0.2, 0.25) is 5.88 Å². The Kier molecular flexibility index (Phi) is 3.23. The molecule has 18 heavy (non-hydrogen) atoms. The van der Waals surface area contributed by atoms with Crippen LogP contribution in [0.15, 0.2) is 30.6 Å². The Morgan fingerprint density at radius 1 is 1.22 bits per heavy atom. The molecule has 0 unspecified atom stereocenters. The average molecular weight is 244 g/mol. The monoisotopic (exact) mass is 244 g/mol. The van der Waals surface area contributed by atoms with Crippen molar-refractivity contribution in [2.24, 2.45) is 0 Å². The Hall–Kier alpha value is -2.43. The summed E-state index contributed by atoms with van der Waals surface area (Å²) in [6.45, 7) is 3.54. The minimum Gasteiger partial charge on any atom is -0.478 e. The summed E-state index contributed by atoms with van der Waals surface area (Å²) >= 11 is 0. The molecule has 0 fully saturated rings. The van der Waals surface area contributed by atoms with Gasteiger partial charge in [-0.05, 0) is 25.5 Å². The second-order valence-electron chi connectivity index (χ2n) is 3.81. The topological polar surface area (TPSA) is 72.3 Å². The number of aromatic nitrogens is 2. The molecule has 0 bridgehead atoms. The molecule has 0 aliphatic carbocycles. The summed E-state index contributed by atoms with van der Waals surface area (Å²) in [5.74, 6) is -0.418. The van der Waals surface area contributed by atoms with E-state index in [1.54, 1.807) is 32.2 Å². The van der Waals surface area contributed by atoms with Crippen molar-refractivity contribution in [1.82, 2.24) is 9.97 Å². The van der Waals surface area contributed by atoms with E-state index in [-0.39, 0.29) is 5.56 Å². The highest BCUT2D eigenvalue weighted by molar-refractivity contribution is 5.91. The molecule has 0 amide bonds. The Labute approximate surface area is 104 Å². The van der Waals surface area contributed by atoms with Crippen LogP contribution in [0.3, 0.4) is 0 Å². The van der Waals surface area contributed by atoms with Crippen molar-refractivity contribution in [2.75, 3.05) is 0 Å². The van der Waals surface area contributed by atoms with Crippen LogP contribution >= 0.6 is 0 Å². The Bertz CT molecular complexity index is 597. The molecule has 0 aliphatic heterocycles. The van der Waals surface area contributed by atoms with Gasteiger partial charge in [-0.15, -0.1) is 0 Å². The van der Waals surface area contributed by atoms with Gasteiger partial charge in [0.15, 0.2) is 0 Å². The van der Waals surface area contributed by atoms with E-state index >= 15 is 0 Å². The number of carbonyl (C=O) groups is 1. The molecule has 0 spiro atoms. The van der Waals surface area contributed by atoms with Gasteiger partial charge in [0.25, 0.3) is 0 Å². The number of aryl methyl sites for hydroxylation is 2. The number of rotatable bonds is 3. The number of nitrogens with zero attached hydrogens (tertiary/aromatic N) is 2. The van der Waals surface area contributed by atoms with E-state index in [1.807, 2.05) is 0 Å². The van der Waals surface area contributed by atoms with E-state index in [1.165, 1.54) is 12.3 Å². The Morgan fingerprint density at radius 3 is 2.61 bits per heavy atom. The van der Waals surface area contributed by atoms with Crippen LogP contribution in [0.4, 0.5) is 0 Å². The maximum atomic E-state index is 11.1. The largest absolute Gasteiger partial charge is 0.478 e. The number of ether oxygens (including phenoxy) is 1. The fraction of sp³-hybridized carbons (Fsp3) is 0.154. The first-order chi connectivity index (χ1) is 8.59. The minimum absolute atomic E-state index is 0.111. The molecule has 0 saturated heterocycles. The van der Waals surface area contributed by atoms with E-state index in [0.717, 1.165) is 5.56 Å². The number of carboxylic acids is 1. The Morgan fingerprint density at radius 2 is 1.94 bits per heavy atom. The predicted molar refractivity (Wildman–Crippen MR) is 65.0 cm³/mol. The SMILES string of the molecule is Cc1cccc(C(=O)O)c1Oc1nccnc1C. The number of aromatic carboxylic acids is 1. The summed E-state index contributed by atoms with van der Waals surface area (Å²) in [6.07, 6.45) is 3.05. The molecule has 1 aromatic heterocycles. The molecule has 2 rings (SSSR count). The molecule has 0 aliphatic rings. The lowest BCUT2D eigenvalue weighted by Crippen LogP contribution is -2.03. The third-order valence-electron chi connectivity index (χ3n) is 2.48. The molecule has 2 aromatic rings. The fourth-order valence-electron chi connectivity index (χ4n) is 1.55. The van der Waals surface area contributed by atoms with E-state index in [2.05, 4.69) is 9.97 Å². The molecule has 0 saturated carbocycles. The van der Waals surface area contributed by atoms with Gasteiger partial charge < -0.3 is 9.84 Å². The van der Waals surface area contributed by atoms with Gasteiger partial charge in [-0.2, -0.15) is 0 Å². The second kappa shape index (κ2) is 4.83. The van der Waals surface area contributed by atoms with Gasteiger partial charge in [-0.25, -0.2) is 9.78 Å². The highest BCUT2D eigenvalue weighted by Crippen LogP contribution is 2.28. The fourth-order valence-corrected chi connectivity index (χ4v) is 1.55. The number of benzene rings is 1. The van der Waals surface area contributed by atoms with Gasteiger partial charge in [0, 0.05) is 12.4 Å². The quantitative estimate of drug-likeness (QED) is 0.898. The first-order valence-electron chi connectivity index (χ1n) is 5.38. The third kappa shape index (κ3) is 2.29. The van der Waals surface area contributed by atoms with Crippen LogP contribution in [0.25, 0.3) is 0 Å². The van der Waals surface area contributed by atoms with Crippen molar-refractivity contribution in [1.29, 1.82) is 0 Å². The molecule has 5 heteroatoms. The van der Waals surface area contributed by atoms with Gasteiger partial charge in [0.05, 0.1) is 5.69 Å². The Balaban J connectivity index is 2.46. The lowest BCUT2D eigenvalue weighted by atomic mass is 10.1. The summed E-state index contributed by atoms with van der Waals surface area (Å²) in [5.41, 5.74) is 1.46. The van der Waals surface area contributed by atoms with Crippen LogP contribution in [-0.2, 0) is 0 Å². The van der Waals surface area contributed by atoms with Crippen molar-refractivity contribution in [3.63, 3.8) is 0 Å². The second-order valence-corrected chi connectivity index (χ2v) is 3.81. The molecule has 0 radical (unpaired) electrons. The summed E-state index contributed by atoms with van der Waals surface area (Å²) in [7, 11) is 0. The van der Waals surface area contributed by atoms with Crippen molar-refractivity contribution >= 4 is 5.97 Å². The van der Waals surface area contributed by atoms with Crippen molar-refractivity contribution < 1.29 is 14.6 Å². The molecule has 1 heterocycles. The van der Waals surface area contributed by atoms with E-state index in [9.17, 15) is 4.79 Å². The molecular formula is C13H12N2O3. The van der Waals surface area contributed by atoms with E-state index in [4.69, 9.17) is 9.84 Å². The van der Waals surface area contributed by atoms with Crippen LogP contribution in [0.1, 0.15) is 21.6 Å². The van der Waals surface area contributed by atoms with E-state index in [0.29, 0.717) is 17.3 Å². The highest BCUT2D eigenvalue weighted by Gasteiger charge is 2.15. The van der Waals surface area contributed by atoms with Gasteiger partial charge >= 0.3 is 5.97 Å². The first kappa shape index (κ1) is 12.0. The number of hydrogen-bond acceptors (Lipinski definition) is 4. The molecule has 0 atom stereocenters. The molecule has 92 valence electrons. The van der Waals surface area contributed by atoms with Crippen molar-refractivity contribution in [3.05, 3.63) is 47.4 Å². The molecule has 1 aromatic carbocycles. The minimum atomic E-state index is -1.03. The standard InChI is InChI=1S/C13H12N2O3/c1-8-4-3-5-10(13(16)17)11(8)18-12-9(2)14-6-7-15-12/h3-7H,1-2H3,(H,16,17). The number of hydrogen-bond donors (Lipinski definition) is 1. The maximum absolute atomic E-state index is 11.1. The average Bonchev–Trinajstić information content (AvgIpc) is 2.34. The third-order valence-corrected chi connectivity index (χ3v) is 2.48. The summed E-state index contributed by atoms with van der Waals surface area (Å²) < 4.78 is 5.58. The lowest BCUT2D eigenvalue weighted by Gasteiger charge is -2.11. The van der Waals surface area contributed by atoms with Gasteiger partial charge in [0.1, 0.15) is 11.3 Å². The summed E-state index contributed by atoms with van der Waals surface area (Å²) in [6, 6.07) is 4.96. The summed E-state index contributed by atoms with van der Waals surface area (Å²) in [5, 5.41) is 9.12. The van der Waals surface area contributed by atoms with Crippen LogP contribution in [0, 0.1) is 13.8 Å². The van der Waals surface area contributed by atoms with E-state index < -0.39 is 5.97 Å². The smallest absolute Gasteiger partial charge is 0.339 e. The van der Waals surface area contributed by atoms with Crippen LogP contribution in [0.5, 0.6) is 11.6 Å². The van der Waals surface area contributed by atoms with Crippen LogP contribution in [0.2, 0.25) is 0 Å². The van der Waals surface area contributed by atoms with Crippen molar-refractivity contribution in [3.8, 4) is 11.6 Å². The number of carboxylic acid groups (broad SMARTS) is 1. The zero-order valence-corrected chi connectivity index (χ0v) is 10.0. The van der Waals surface area contributed by atoms with Crippen LogP contribution < -0.4 is 4.74 Å². The van der Waals surface area contributed by atoms with Gasteiger partial charge in [-0.3, -0.25) is 4.98 Å². The molecular weight excluding hydrogens is 232 g/mol. The van der Waals surface area contributed by atoms with Gasteiger partial charge in [-0.1, -0.05) is 12.1 Å². The first-order valence-corrected chi connectivity index (χ1v) is 5.38. The lowest BCUT2D eigenvalue weighted by molar-refractivity contribution is 0.0694. The zero-order chi connectivity index (χ0) is 13.1. The maximum Gasteiger partial charge on any atom is 0.339 e.